The predicted octanol–water partition coefficient (Wildman–Crippen LogP) is 7.36. The van der Waals surface area contributed by atoms with Crippen LogP contribution in [-0.4, -0.2) is 23.8 Å². The highest BCUT2D eigenvalue weighted by molar-refractivity contribution is 9.10. The van der Waals surface area contributed by atoms with Crippen LogP contribution in [0.2, 0.25) is 10.0 Å². The van der Waals surface area contributed by atoms with Gasteiger partial charge in [0.2, 0.25) is 0 Å². The van der Waals surface area contributed by atoms with Gasteiger partial charge in [-0.05, 0) is 75.6 Å². The van der Waals surface area contributed by atoms with Crippen molar-refractivity contribution in [3.05, 3.63) is 97.9 Å². The van der Waals surface area contributed by atoms with Gasteiger partial charge in [0.05, 0.1) is 22.9 Å². The molecule has 6 nitrogen and oxygen atoms in total. The van der Waals surface area contributed by atoms with Gasteiger partial charge in [0, 0.05) is 15.6 Å². The monoisotopic (exact) mass is 586 g/mol. The van der Waals surface area contributed by atoms with Gasteiger partial charge in [-0.2, -0.15) is 5.10 Å². The van der Waals surface area contributed by atoms with Crippen molar-refractivity contribution in [2.75, 3.05) is 6.61 Å². The van der Waals surface area contributed by atoms with Crippen molar-refractivity contribution in [1.29, 1.82) is 0 Å². The molecule has 0 aliphatic rings. The fourth-order valence-electron chi connectivity index (χ4n) is 3.49. The Morgan fingerprint density at radius 2 is 1.81 bits per heavy atom. The van der Waals surface area contributed by atoms with Crippen LogP contribution in [0.25, 0.3) is 10.8 Å². The fraction of sp³-hybridized carbons (Fsp3) is 0.111. The molecule has 0 aromatic heterocycles. The van der Waals surface area contributed by atoms with E-state index in [9.17, 15) is 9.90 Å². The zero-order chi connectivity index (χ0) is 25.7. The Morgan fingerprint density at radius 1 is 1.06 bits per heavy atom. The number of amides is 1. The van der Waals surface area contributed by atoms with Crippen LogP contribution in [0.1, 0.15) is 28.4 Å². The Labute approximate surface area is 226 Å². The smallest absolute Gasteiger partial charge is 0.275 e. The number of carbonyl (C=O) groups is 1. The van der Waals surface area contributed by atoms with E-state index in [4.69, 9.17) is 32.7 Å². The van der Waals surface area contributed by atoms with Crippen LogP contribution in [0.5, 0.6) is 17.2 Å². The lowest BCUT2D eigenvalue weighted by molar-refractivity contribution is 0.0952. The van der Waals surface area contributed by atoms with Crippen LogP contribution in [0.4, 0.5) is 0 Å². The Balaban J connectivity index is 1.49. The molecule has 9 heteroatoms. The molecule has 0 saturated carbocycles. The number of phenolic OH excluding ortho intramolecular Hbond substituents is 1. The maximum Gasteiger partial charge on any atom is 0.275 e. The van der Waals surface area contributed by atoms with Crippen molar-refractivity contribution in [1.82, 2.24) is 5.43 Å². The second kappa shape index (κ2) is 11.6. The number of hydrogen-bond acceptors (Lipinski definition) is 5. The van der Waals surface area contributed by atoms with E-state index >= 15 is 0 Å². The molecule has 0 aliphatic heterocycles. The molecule has 2 N–H and O–H groups in total. The van der Waals surface area contributed by atoms with Gasteiger partial charge in [-0.15, -0.1) is 0 Å². The van der Waals surface area contributed by atoms with E-state index in [0.29, 0.717) is 38.2 Å². The number of hydrazone groups is 1. The van der Waals surface area contributed by atoms with Gasteiger partial charge in [0.1, 0.15) is 12.4 Å². The first-order valence-corrected chi connectivity index (χ1v) is 12.5. The van der Waals surface area contributed by atoms with E-state index < -0.39 is 5.91 Å². The maximum atomic E-state index is 12.6. The standard InChI is InChI=1S/C27H21BrCl2N2O4/c1-2-35-25-10-16(9-22(28)26(25)36-15-19-7-8-20(29)13-23(19)30)14-31-32-27(34)21-11-17-5-3-4-6-18(17)12-24(21)33/h3-14,33H,2,15H2,1H3,(H,32,34). The van der Waals surface area contributed by atoms with Gasteiger partial charge < -0.3 is 14.6 Å². The zero-order valence-corrected chi connectivity index (χ0v) is 22.2. The van der Waals surface area contributed by atoms with Crippen molar-refractivity contribution in [2.24, 2.45) is 5.10 Å². The number of phenols is 1. The molecule has 4 rings (SSSR count). The molecule has 0 atom stereocenters. The maximum absolute atomic E-state index is 12.6. The number of nitrogens with one attached hydrogen (secondary N) is 1. The second-order valence-corrected chi connectivity index (χ2v) is 9.40. The number of rotatable bonds is 8. The van der Waals surface area contributed by atoms with Crippen LogP contribution < -0.4 is 14.9 Å². The third-order valence-electron chi connectivity index (χ3n) is 5.21. The summed E-state index contributed by atoms with van der Waals surface area (Å²) in [5, 5.41) is 17.0. The first-order valence-electron chi connectivity index (χ1n) is 10.9. The minimum atomic E-state index is -0.529. The summed E-state index contributed by atoms with van der Waals surface area (Å²) in [7, 11) is 0. The molecule has 0 heterocycles. The van der Waals surface area contributed by atoms with E-state index in [0.717, 1.165) is 16.3 Å². The summed E-state index contributed by atoms with van der Waals surface area (Å²) in [4.78, 5) is 12.6. The van der Waals surface area contributed by atoms with E-state index in [2.05, 4.69) is 26.5 Å². The average Bonchev–Trinajstić information content (AvgIpc) is 2.84. The topological polar surface area (TPSA) is 80.2 Å². The van der Waals surface area contributed by atoms with E-state index in [1.165, 1.54) is 6.21 Å². The van der Waals surface area contributed by atoms with Gasteiger partial charge >= 0.3 is 0 Å². The fourth-order valence-corrected chi connectivity index (χ4v) is 4.53. The Morgan fingerprint density at radius 3 is 2.53 bits per heavy atom. The molecule has 1 amide bonds. The molecule has 0 fully saturated rings. The third-order valence-corrected chi connectivity index (χ3v) is 6.38. The van der Waals surface area contributed by atoms with Crippen molar-refractivity contribution < 1.29 is 19.4 Å². The highest BCUT2D eigenvalue weighted by Crippen LogP contribution is 2.37. The molecule has 0 bridgehead atoms. The molecule has 184 valence electrons. The van der Waals surface area contributed by atoms with Crippen molar-refractivity contribution in [2.45, 2.75) is 13.5 Å². The molecule has 0 unspecified atom stereocenters. The molecule has 0 saturated heterocycles. The number of halogens is 3. The number of carbonyl (C=O) groups excluding carboxylic acids is 1. The second-order valence-electron chi connectivity index (χ2n) is 7.70. The normalized spacial score (nSPS) is 11.1. The summed E-state index contributed by atoms with van der Waals surface area (Å²) in [5.74, 6) is 0.352. The highest BCUT2D eigenvalue weighted by Gasteiger charge is 2.14. The largest absolute Gasteiger partial charge is 0.507 e. The minimum Gasteiger partial charge on any atom is -0.507 e. The molecular weight excluding hydrogens is 567 g/mol. The number of fused-ring (bicyclic) bond motifs is 1. The summed E-state index contributed by atoms with van der Waals surface area (Å²) in [6.45, 7) is 2.50. The minimum absolute atomic E-state index is 0.120. The summed E-state index contributed by atoms with van der Waals surface area (Å²) in [5.41, 5.74) is 4.02. The number of nitrogens with zero attached hydrogens (tertiary/aromatic N) is 1. The molecule has 36 heavy (non-hydrogen) atoms. The van der Waals surface area contributed by atoms with Crippen LogP contribution in [0.3, 0.4) is 0 Å². The first kappa shape index (κ1) is 25.8. The van der Waals surface area contributed by atoms with Crippen molar-refractivity contribution in [3.8, 4) is 17.2 Å². The Hall–Kier alpha value is -3.26. The molecule has 4 aromatic carbocycles. The van der Waals surface area contributed by atoms with Gasteiger partial charge in [-0.3, -0.25) is 4.79 Å². The van der Waals surface area contributed by atoms with Crippen molar-refractivity contribution in [3.63, 3.8) is 0 Å². The molecular formula is C27H21BrCl2N2O4. The Bertz CT molecular complexity index is 1460. The summed E-state index contributed by atoms with van der Waals surface area (Å²) in [6, 6.07) is 19.4. The van der Waals surface area contributed by atoms with E-state index in [1.807, 2.05) is 31.2 Å². The number of benzene rings is 4. The van der Waals surface area contributed by atoms with Gasteiger partial charge in [-0.1, -0.05) is 53.5 Å². The lowest BCUT2D eigenvalue weighted by Crippen LogP contribution is -2.17. The number of ether oxygens (including phenoxy) is 2. The first-order chi connectivity index (χ1) is 17.4. The van der Waals surface area contributed by atoms with Crippen molar-refractivity contribution >= 4 is 62.0 Å². The molecule has 4 aromatic rings. The van der Waals surface area contributed by atoms with Crippen LogP contribution in [0, 0.1) is 0 Å². The van der Waals surface area contributed by atoms with E-state index in [1.54, 1.807) is 42.5 Å². The summed E-state index contributed by atoms with van der Waals surface area (Å²) >= 11 is 15.7. The van der Waals surface area contributed by atoms with Crippen LogP contribution in [0.15, 0.2) is 76.3 Å². The average molecular weight is 588 g/mol. The molecule has 0 aliphatic carbocycles. The lowest BCUT2D eigenvalue weighted by Gasteiger charge is -2.15. The lowest BCUT2D eigenvalue weighted by atomic mass is 10.1. The quantitative estimate of drug-likeness (QED) is 0.167. The Kier molecular flexibility index (Phi) is 8.36. The number of hydrogen-bond donors (Lipinski definition) is 2. The van der Waals surface area contributed by atoms with E-state index in [-0.39, 0.29) is 17.9 Å². The highest BCUT2D eigenvalue weighted by atomic mass is 79.9. The van der Waals surface area contributed by atoms with Crippen LogP contribution >= 0.6 is 39.1 Å². The summed E-state index contributed by atoms with van der Waals surface area (Å²) in [6.07, 6.45) is 1.48. The third kappa shape index (κ3) is 6.10. The SMILES string of the molecule is CCOc1cc(C=NNC(=O)c2cc3ccccc3cc2O)cc(Br)c1OCc1ccc(Cl)cc1Cl. The van der Waals surface area contributed by atoms with Crippen LogP contribution in [-0.2, 0) is 6.61 Å². The predicted molar refractivity (Wildman–Crippen MR) is 147 cm³/mol. The zero-order valence-electron chi connectivity index (χ0n) is 19.1. The number of aromatic hydroxyl groups is 1. The van der Waals surface area contributed by atoms with Gasteiger partial charge in [-0.25, -0.2) is 5.43 Å². The van der Waals surface area contributed by atoms with Gasteiger partial charge in [0.15, 0.2) is 11.5 Å². The van der Waals surface area contributed by atoms with Gasteiger partial charge in [0.25, 0.3) is 5.91 Å². The summed E-state index contributed by atoms with van der Waals surface area (Å²) < 4.78 is 12.4. The molecule has 0 radical (unpaired) electrons. The molecule has 0 spiro atoms.